The third-order valence-electron chi connectivity index (χ3n) is 3.92. The van der Waals surface area contributed by atoms with Gasteiger partial charge in [-0.1, -0.05) is 24.3 Å². The second-order valence-electron chi connectivity index (χ2n) is 5.52. The number of carboxylic acid groups (broad SMARTS) is 1. The molecule has 0 atom stereocenters. The van der Waals surface area contributed by atoms with Gasteiger partial charge in [-0.15, -0.1) is 11.3 Å². The maximum absolute atomic E-state index is 12.8. The van der Waals surface area contributed by atoms with Gasteiger partial charge in [0, 0.05) is 6.20 Å². The first kappa shape index (κ1) is 16.0. The van der Waals surface area contributed by atoms with Crippen molar-refractivity contribution in [3.05, 3.63) is 77.3 Å². The van der Waals surface area contributed by atoms with Crippen LogP contribution >= 0.6 is 11.3 Å². The molecule has 0 aliphatic carbocycles. The zero-order valence-corrected chi connectivity index (χ0v) is 14.2. The SMILES string of the molecule is O=C(O)c1ccccc1C(=O)Nc1c(-c2cccs2)nc2ccccn12. The summed E-state index contributed by atoms with van der Waals surface area (Å²) in [6.07, 6.45) is 1.80. The second kappa shape index (κ2) is 6.45. The number of nitrogens with one attached hydrogen (secondary N) is 1. The molecule has 1 aromatic carbocycles. The molecule has 2 N–H and O–H groups in total. The van der Waals surface area contributed by atoms with E-state index in [-0.39, 0.29) is 11.1 Å². The molecular formula is C19H13N3O3S. The number of anilines is 1. The first-order valence-corrected chi connectivity index (χ1v) is 8.68. The molecule has 26 heavy (non-hydrogen) atoms. The van der Waals surface area contributed by atoms with Crippen molar-refractivity contribution in [2.24, 2.45) is 0 Å². The summed E-state index contributed by atoms with van der Waals surface area (Å²) in [4.78, 5) is 29.7. The highest BCUT2D eigenvalue weighted by Crippen LogP contribution is 2.32. The highest BCUT2D eigenvalue weighted by atomic mass is 32.1. The van der Waals surface area contributed by atoms with Crippen molar-refractivity contribution in [2.75, 3.05) is 5.32 Å². The van der Waals surface area contributed by atoms with Gasteiger partial charge >= 0.3 is 5.97 Å². The minimum Gasteiger partial charge on any atom is -0.478 e. The minimum absolute atomic E-state index is 0.0449. The summed E-state index contributed by atoms with van der Waals surface area (Å²) in [5, 5.41) is 14.1. The van der Waals surface area contributed by atoms with E-state index in [1.165, 1.54) is 23.5 Å². The second-order valence-corrected chi connectivity index (χ2v) is 6.47. The fraction of sp³-hybridized carbons (Fsp3) is 0. The number of carbonyl (C=O) groups is 2. The molecule has 128 valence electrons. The summed E-state index contributed by atoms with van der Waals surface area (Å²) in [6.45, 7) is 0. The minimum atomic E-state index is -1.15. The molecule has 0 aliphatic rings. The fourth-order valence-electron chi connectivity index (χ4n) is 2.74. The maximum atomic E-state index is 12.8. The largest absolute Gasteiger partial charge is 0.478 e. The summed E-state index contributed by atoms with van der Waals surface area (Å²) in [5.41, 5.74) is 1.39. The number of fused-ring (bicyclic) bond motifs is 1. The highest BCUT2D eigenvalue weighted by molar-refractivity contribution is 7.13. The Morgan fingerprint density at radius 2 is 1.77 bits per heavy atom. The molecule has 4 rings (SSSR count). The molecule has 0 saturated heterocycles. The van der Waals surface area contributed by atoms with Crippen molar-refractivity contribution in [3.63, 3.8) is 0 Å². The van der Waals surface area contributed by atoms with E-state index in [2.05, 4.69) is 10.3 Å². The van der Waals surface area contributed by atoms with Gasteiger partial charge in [0.15, 0.2) is 0 Å². The molecule has 0 fully saturated rings. The van der Waals surface area contributed by atoms with Crippen LogP contribution in [0.2, 0.25) is 0 Å². The van der Waals surface area contributed by atoms with Crippen molar-refractivity contribution in [2.45, 2.75) is 0 Å². The Kier molecular flexibility index (Phi) is 3.98. The van der Waals surface area contributed by atoms with Gasteiger partial charge in [-0.2, -0.15) is 0 Å². The Balaban J connectivity index is 1.82. The monoisotopic (exact) mass is 363 g/mol. The van der Waals surface area contributed by atoms with E-state index in [1.807, 2.05) is 35.7 Å². The van der Waals surface area contributed by atoms with Crippen molar-refractivity contribution in [1.82, 2.24) is 9.38 Å². The number of benzene rings is 1. The molecule has 0 unspecified atom stereocenters. The number of carbonyl (C=O) groups excluding carboxylic acids is 1. The quantitative estimate of drug-likeness (QED) is 0.574. The molecule has 4 aromatic rings. The van der Waals surface area contributed by atoms with E-state index in [0.29, 0.717) is 17.2 Å². The van der Waals surface area contributed by atoms with Gasteiger partial charge < -0.3 is 10.4 Å². The van der Waals surface area contributed by atoms with Crippen LogP contribution in [0, 0.1) is 0 Å². The molecule has 0 bridgehead atoms. The standard InChI is InChI=1S/C19H13N3O3S/c23-18(12-6-1-2-7-13(12)19(24)25)21-17-16(14-8-5-11-26-14)20-15-9-3-4-10-22(15)17/h1-11H,(H,21,23)(H,24,25). The zero-order valence-electron chi connectivity index (χ0n) is 13.4. The molecular weight excluding hydrogens is 350 g/mol. The number of carboxylic acids is 1. The smallest absolute Gasteiger partial charge is 0.336 e. The third kappa shape index (κ3) is 2.74. The summed E-state index contributed by atoms with van der Waals surface area (Å²) < 4.78 is 1.77. The number of imidazole rings is 1. The lowest BCUT2D eigenvalue weighted by Crippen LogP contribution is -2.17. The first-order valence-electron chi connectivity index (χ1n) is 7.80. The van der Waals surface area contributed by atoms with E-state index in [1.54, 1.807) is 22.7 Å². The predicted molar refractivity (Wildman–Crippen MR) is 99.9 cm³/mol. The van der Waals surface area contributed by atoms with Gasteiger partial charge in [0.2, 0.25) is 0 Å². The Morgan fingerprint density at radius 1 is 1.00 bits per heavy atom. The van der Waals surface area contributed by atoms with Crippen molar-refractivity contribution in [3.8, 4) is 10.6 Å². The predicted octanol–water partition coefficient (Wildman–Crippen LogP) is 4.01. The van der Waals surface area contributed by atoms with Crippen LogP contribution in [-0.4, -0.2) is 26.4 Å². The lowest BCUT2D eigenvalue weighted by Gasteiger charge is -2.09. The molecule has 0 spiro atoms. The van der Waals surface area contributed by atoms with Crippen molar-refractivity contribution in [1.29, 1.82) is 0 Å². The van der Waals surface area contributed by atoms with Crippen LogP contribution in [0.15, 0.2) is 66.2 Å². The summed E-state index contributed by atoms with van der Waals surface area (Å²) >= 11 is 1.52. The van der Waals surface area contributed by atoms with Gasteiger partial charge in [0.05, 0.1) is 16.0 Å². The normalized spacial score (nSPS) is 10.8. The van der Waals surface area contributed by atoms with E-state index in [9.17, 15) is 14.7 Å². The number of aromatic carboxylic acids is 1. The molecule has 0 radical (unpaired) electrons. The van der Waals surface area contributed by atoms with Crippen LogP contribution in [0.4, 0.5) is 5.82 Å². The summed E-state index contributed by atoms with van der Waals surface area (Å²) in [6, 6.07) is 15.5. The van der Waals surface area contributed by atoms with Gasteiger partial charge in [-0.3, -0.25) is 9.20 Å². The fourth-order valence-corrected chi connectivity index (χ4v) is 3.46. The number of pyridine rings is 1. The van der Waals surface area contributed by atoms with E-state index >= 15 is 0 Å². The van der Waals surface area contributed by atoms with Crippen LogP contribution in [0.3, 0.4) is 0 Å². The van der Waals surface area contributed by atoms with E-state index < -0.39 is 11.9 Å². The summed E-state index contributed by atoms with van der Waals surface area (Å²) in [7, 11) is 0. The van der Waals surface area contributed by atoms with Crippen LogP contribution in [-0.2, 0) is 0 Å². The average molecular weight is 363 g/mol. The number of aromatic nitrogens is 2. The molecule has 7 heteroatoms. The van der Waals surface area contributed by atoms with Gasteiger partial charge in [0.25, 0.3) is 5.91 Å². The van der Waals surface area contributed by atoms with Crippen LogP contribution in [0.25, 0.3) is 16.2 Å². The number of amides is 1. The van der Waals surface area contributed by atoms with Crippen LogP contribution in [0.5, 0.6) is 0 Å². The molecule has 0 aliphatic heterocycles. The molecule has 0 saturated carbocycles. The Bertz CT molecular complexity index is 1120. The van der Waals surface area contributed by atoms with Gasteiger partial charge in [-0.05, 0) is 35.7 Å². The molecule has 6 nitrogen and oxygen atoms in total. The van der Waals surface area contributed by atoms with Crippen molar-refractivity contribution >= 4 is 34.7 Å². The number of hydrogen-bond donors (Lipinski definition) is 2. The van der Waals surface area contributed by atoms with E-state index in [4.69, 9.17) is 0 Å². The van der Waals surface area contributed by atoms with Crippen molar-refractivity contribution < 1.29 is 14.7 Å². The summed E-state index contributed by atoms with van der Waals surface area (Å²) in [5.74, 6) is -1.13. The molecule has 1 amide bonds. The Morgan fingerprint density at radius 3 is 2.50 bits per heavy atom. The highest BCUT2D eigenvalue weighted by Gasteiger charge is 2.20. The average Bonchev–Trinajstić information content (AvgIpc) is 3.30. The Labute approximate surface area is 152 Å². The van der Waals surface area contributed by atoms with Crippen LogP contribution < -0.4 is 5.32 Å². The zero-order chi connectivity index (χ0) is 18.1. The number of thiophene rings is 1. The Hall–Kier alpha value is -3.45. The molecule has 3 heterocycles. The van der Waals surface area contributed by atoms with E-state index in [0.717, 1.165) is 4.88 Å². The van der Waals surface area contributed by atoms with Gasteiger partial charge in [-0.25, -0.2) is 9.78 Å². The topological polar surface area (TPSA) is 83.7 Å². The number of rotatable bonds is 4. The van der Waals surface area contributed by atoms with Gasteiger partial charge in [0.1, 0.15) is 17.2 Å². The lowest BCUT2D eigenvalue weighted by atomic mass is 10.1. The third-order valence-corrected chi connectivity index (χ3v) is 4.80. The molecule has 3 aromatic heterocycles. The lowest BCUT2D eigenvalue weighted by molar-refractivity contribution is 0.0692. The first-order chi connectivity index (χ1) is 12.6. The number of nitrogens with zero attached hydrogens (tertiary/aromatic N) is 2. The maximum Gasteiger partial charge on any atom is 0.336 e. The van der Waals surface area contributed by atoms with Crippen LogP contribution in [0.1, 0.15) is 20.7 Å². The number of hydrogen-bond acceptors (Lipinski definition) is 4.